The predicted octanol–water partition coefficient (Wildman–Crippen LogP) is 29.5. The molecule has 0 heterocycles. The molecule has 0 N–H and O–H groups in total. The van der Waals surface area contributed by atoms with Gasteiger partial charge in [-0.05, 0) is 74.1 Å². The van der Waals surface area contributed by atoms with Crippen molar-refractivity contribution in [2.24, 2.45) is 0 Å². The number of hydrogen-bond acceptors (Lipinski definition) is 0. The van der Waals surface area contributed by atoms with E-state index in [1.54, 1.807) is 16.7 Å². The summed E-state index contributed by atoms with van der Waals surface area (Å²) in [5.41, 5.74) is 6.72. The first kappa shape index (κ1) is 77.2. The average molecular weight is 1120 g/mol. The third-order valence-electron chi connectivity index (χ3n) is 19.2. The molecule has 0 atom stereocenters. The highest BCUT2D eigenvalue weighted by molar-refractivity contribution is 5.40. The van der Waals surface area contributed by atoms with Gasteiger partial charge in [-0.2, -0.15) is 0 Å². The summed E-state index contributed by atoms with van der Waals surface area (Å²) in [6, 6.07) is 5.22. The normalized spacial score (nSPS) is 11.8. The van der Waals surface area contributed by atoms with E-state index < -0.39 is 0 Å². The molecule has 80 heavy (non-hydrogen) atoms. The topological polar surface area (TPSA) is 0 Å². The highest BCUT2D eigenvalue weighted by Gasteiger charge is 2.12. The van der Waals surface area contributed by atoms with Crippen LogP contribution in [0, 0.1) is 6.92 Å². The van der Waals surface area contributed by atoms with Gasteiger partial charge in [-0.15, -0.1) is 0 Å². The molecule has 0 fully saturated rings. The first-order valence-corrected chi connectivity index (χ1v) is 38.7. The van der Waals surface area contributed by atoms with Gasteiger partial charge in [-0.1, -0.05) is 437 Å². The molecule has 1 aromatic carbocycles. The number of rotatable bonds is 70. The fraction of sp³-hybridized carbons (Fsp3) is 0.912. The van der Waals surface area contributed by atoms with Crippen LogP contribution in [-0.4, -0.2) is 0 Å². The van der Waals surface area contributed by atoms with E-state index in [2.05, 4.69) is 39.8 Å². The Morgan fingerprint density at radius 1 is 0.188 bits per heavy atom. The summed E-state index contributed by atoms with van der Waals surface area (Å²) in [6.45, 7) is 11.4. The predicted molar refractivity (Wildman–Crippen MR) is 368 cm³/mol. The van der Waals surface area contributed by atoms with Gasteiger partial charge in [0, 0.05) is 0 Å². The quantitative estimate of drug-likeness (QED) is 0.0570. The lowest BCUT2D eigenvalue weighted by Gasteiger charge is -2.18. The number of hydrogen-bond donors (Lipinski definition) is 0. The second-order valence-electron chi connectivity index (χ2n) is 27.2. The molecule has 0 aliphatic heterocycles. The zero-order valence-corrected chi connectivity index (χ0v) is 56.4. The molecule has 0 amide bonds. The maximum Gasteiger partial charge on any atom is -0.0273 e. The molecule has 473 valence electrons. The van der Waals surface area contributed by atoms with Gasteiger partial charge in [0.25, 0.3) is 0 Å². The van der Waals surface area contributed by atoms with Gasteiger partial charge in [0.2, 0.25) is 0 Å². The monoisotopic (exact) mass is 1110 g/mol. The molecule has 0 spiro atoms. The number of unbranched alkanes of at least 4 members (excludes halogenated alkanes) is 63. The van der Waals surface area contributed by atoms with Crippen molar-refractivity contribution < 1.29 is 0 Å². The summed E-state index contributed by atoms with van der Waals surface area (Å²) in [5.74, 6) is 0. The van der Waals surface area contributed by atoms with Gasteiger partial charge >= 0.3 is 0 Å². The molecule has 0 bridgehead atoms. The fourth-order valence-electron chi connectivity index (χ4n) is 13.5. The van der Waals surface area contributed by atoms with E-state index in [-0.39, 0.29) is 0 Å². The molecule has 0 aromatic heterocycles. The van der Waals surface area contributed by atoms with Crippen molar-refractivity contribution in [3.05, 3.63) is 41.3 Å². The van der Waals surface area contributed by atoms with Gasteiger partial charge in [-0.25, -0.2) is 0 Å². The highest BCUT2D eigenvalue weighted by atomic mass is 14.2. The summed E-state index contributed by atoms with van der Waals surface area (Å²) in [5, 5.41) is 0. The lowest BCUT2D eigenvalue weighted by atomic mass is 9.87. The minimum atomic E-state index is 0.943. The molecule has 0 aliphatic rings. The lowest BCUT2D eigenvalue weighted by Crippen LogP contribution is -2.04. The summed E-state index contributed by atoms with van der Waals surface area (Å²) < 4.78 is 0. The SMILES string of the molecule is [CH2]Cc1cc(CCCCCCCCCCCCCCCCCCCCCCCC)c(CCCCCCCCCCCCCCCCCCCCCCCC)c(CCCCCCCCCCCCCCCCCCCCCCCC)c1. The number of aryl methyl sites for hydroxylation is 2. The highest BCUT2D eigenvalue weighted by Crippen LogP contribution is 2.27. The van der Waals surface area contributed by atoms with Crippen LogP contribution >= 0.6 is 0 Å². The van der Waals surface area contributed by atoms with Crippen LogP contribution in [0.25, 0.3) is 0 Å². The van der Waals surface area contributed by atoms with Crippen molar-refractivity contribution in [2.45, 2.75) is 470 Å². The van der Waals surface area contributed by atoms with Crippen LogP contribution in [0.1, 0.15) is 467 Å². The Labute approximate surface area is 508 Å². The number of benzene rings is 1. The first-order valence-electron chi connectivity index (χ1n) is 38.7. The van der Waals surface area contributed by atoms with Crippen LogP contribution in [-0.2, 0) is 25.7 Å². The Bertz CT molecular complexity index is 1200. The fourth-order valence-corrected chi connectivity index (χ4v) is 13.5. The molecule has 1 aromatic rings. The zero-order chi connectivity index (χ0) is 57.2. The molecule has 0 unspecified atom stereocenters. The van der Waals surface area contributed by atoms with E-state index in [1.165, 1.54) is 449 Å². The molecular formula is C80H153. The van der Waals surface area contributed by atoms with E-state index in [0.29, 0.717) is 0 Å². The van der Waals surface area contributed by atoms with Crippen molar-refractivity contribution >= 4 is 0 Å². The molecule has 0 aliphatic carbocycles. The van der Waals surface area contributed by atoms with E-state index >= 15 is 0 Å². The van der Waals surface area contributed by atoms with Crippen LogP contribution in [0.3, 0.4) is 0 Å². The van der Waals surface area contributed by atoms with Gasteiger partial charge in [0.15, 0.2) is 0 Å². The Hall–Kier alpha value is -0.780. The van der Waals surface area contributed by atoms with Crippen molar-refractivity contribution in [3.63, 3.8) is 0 Å². The third kappa shape index (κ3) is 56.4. The molecule has 1 radical (unpaired) electrons. The first-order chi connectivity index (χ1) is 39.8. The summed E-state index contributed by atoms with van der Waals surface area (Å²) >= 11 is 0. The maximum absolute atomic E-state index is 4.41. The van der Waals surface area contributed by atoms with Crippen LogP contribution in [0.15, 0.2) is 12.1 Å². The summed E-state index contributed by atoms with van der Waals surface area (Å²) in [7, 11) is 0. The zero-order valence-electron chi connectivity index (χ0n) is 56.4. The Morgan fingerprint density at radius 3 is 0.475 bits per heavy atom. The third-order valence-corrected chi connectivity index (χ3v) is 19.2. The summed E-state index contributed by atoms with van der Waals surface area (Å²) in [4.78, 5) is 0. The van der Waals surface area contributed by atoms with Gasteiger partial charge in [0.1, 0.15) is 0 Å². The largest absolute Gasteiger partial charge is 0.0654 e. The van der Waals surface area contributed by atoms with Gasteiger partial charge in [0.05, 0.1) is 0 Å². The van der Waals surface area contributed by atoms with E-state index in [1.807, 2.05) is 0 Å². The van der Waals surface area contributed by atoms with Crippen LogP contribution in [0.4, 0.5) is 0 Å². The van der Waals surface area contributed by atoms with E-state index in [9.17, 15) is 0 Å². The minimum absolute atomic E-state index is 0.943. The molecule has 0 heteroatoms. The van der Waals surface area contributed by atoms with Crippen molar-refractivity contribution in [2.75, 3.05) is 0 Å². The van der Waals surface area contributed by atoms with E-state index in [0.717, 1.165) is 6.42 Å². The smallest absolute Gasteiger partial charge is 0.0273 e. The van der Waals surface area contributed by atoms with Crippen LogP contribution in [0.2, 0.25) is 0 Å². The minimum Gasteiger partial charge on any atom is -0.0654 e. The molecule has 0 saturated carbocycles. The molecule has 0 nitrogen and oxygen atoms in total. The Morgan fingerprint density at radius 2 is 0.325 bits per heavy atom. The van der Waals surface area contributed by atoms with Crippen LogP contribution in [0.5, 0.6) is 0 Å². The summed E-state index contributed by atoms with van der Waals surface area (Å²) in [6.07, 6.45) is 101. The molecular weight excluding hydrogens is 961 g/mol. The second-order valence-corrected chi connectivity index (χ2v) is 27.2. The Kier molecular flexibility index (Phi) is 65.0. The average Bonchev–Trinajstić information content (AvgIpc) is 3.49. The van der Waals surface area contributed by atoms with Crippen LogP contribution < -0.4 is 0 Å². The molecule has 1 rings (SSSR count). The van der Waals surface area contributed by atoms with Crippen molar-refractivity contribution in [3.8, 4) is 0 Å². The van der Waals surface area contributed by atoms with Gasteiger partial charge < -0.3 is 0 Å². The van der Waals surface area contributed by atoms with Crippen molar-refractivity contribution in [1.82, 2.24) is 0 Å². The second kappa shape index (κ2) is 67.3. The Balaban J connectivity index is 2.34. The molecule has 0 saturated heterocycles. The van der Waals surface area contributed by atoms with Gasteiger partial charge in [-0.3, -0.25) is 0 Å². The van der Waals surface area contributed by atoms with Crippen molar-refractivity contribution in [1.29, 1.82) is 0 Å². The van der Waals surface area contributed by atoms with E-state index in [4.69, 9.17) is 0 Å². The standard InChI is InChI=1S/C80H153/c1-5-9-12-15-18-21-24-27-30-33-36-39-42-45-48-51-54-57-60-63-66-69-72-78-75-77(8-4)76-79(73-70-67-64-61-58-55-52-49-46-43-40-37-34-31-28-25-22-19-16-13-10-6-2)80(78)74-71-68-65-62-59-56-53-50-47-44-41-38-35-32-29-26-23-20-17-14-11-7-3/h75-76H,4-74H2,1-3H3. The lowest BCUT2D eigenvalue weighted by molar-refractivity contribution is 0.518. The maximum atomic E-state index is 4.41.